The Kier molecular flexibility index (Phi) is 4.08. The zero-order valence-electron chi connectivity index (χ0n) is 16.3. The number of primary amides is 1. The molecular formula is C23H29FN2O2. The second-order valence-electron chi connectivity index (χ2n) is 9.91. The standard InChI is InChI=1S/C23H29FN2O2/c24-18-5-3-4-17(10-18)23(6-1-2-7-23)21(28)26-19-15-8-14-9-16(19)13-22(11-14,12-15)20(25)27/h3-5,10,14-16,19H,1-2,6-9,11-13H2,(H2,25,27)(H,26,28). The highest BCUT2D eigenvalue weighted by molar-refractivity contribution is 5.89. The molecule has 0 radical (unpaired) electrons. The van der Waals surface area contributed by atoms with Crippen molar-refractivity contribution in [2.45, 2.75) is 69.2 Å². The second kappa shape index (κ2) is 6.30. The van der Waals surface area contributed by atoms with E-state index in [9.17, 15) is 14.0 Å². The van der Waals surface area contributed by atoms with Gasteiger partial charge in [-0.3, -0.25) is 9.59 Å². The van der Waals surface area contributed by atoms with Crippen LogP contribution in [0.4, 0.5) is 4.39 Å². The molecule has 2 unspecified atom stereocenters. The first-order valence-corrected chi connectivity index (χ1v) is 10.8. The molecule has 1 aromatic carbocycles. The van der Waals surface area contributed by atoms with Gasteiger partial charge in [-0.15, -0.1) is 0 Å². The third kappa shape index (κ3) is 2.61. The summed E-state index contributed by atoms with van der Waals surface area (Å²) in [6.07, 6.45) is 8.27. The topological polar surface area (TPSA) is 72.2 Å². The lowest BCUT2D eigenvalue weighted by Gasteiger charge is -2.59. The highest BCUT2D eigenvalue weighted by atomic mass is 19.1. The molecule has 0 heterocycles. The van der Waals surface area contributed by atoms with E-state index in [2.05, 4.69) is 5.32 Å². The maximum atomic E-state index is 13.9. The Morgan fingerprint density at radius 1 is 1.07 bits per heavy atom. The van der Waals surface area contributed by atoms with Crippen LogP contribution in [0.25, 0.3) is 0 Å². The van der Waals surface area contributed by atoms with Crippen LogP contribution in [-0.2, 0) is 15.0 Å². The number of carbonyl (C=O) groups is 2. The Morgan fingerprint density at radius 3 is 2.36 bits per heavy atom. The van der Waals surface area contributed by atoms with Gasteiger partial charge in [0, 0.05) is 11.5 Å². The number of nitrogens with one attached hydrogen (secondary N) is 1. The molecule has 5 aliphatic carbocycles. The zero-order valence-corrected chi connectivity index (χ0v) is 16.3. The van der Waals surface area contributed by atoms with E-state index in [0.29, 0.717) is 17.8 Å². The van der Waals surface area contributed by atoms with Gasteiger partial charge in [0.1, 0.15) is 5.82 Å². The molecule has 3 N–H and O–H groups in total. The second-order valence-corrected chi connectivity index (χ2v) is 9.91. The monoisotopic (exact) mass is 384 g/mol. The molecule has 0 spiro atoms. The first-order valence-electron chi connectivity index (χ1n) is 10.8. The molecule has 0 aliphatic heterocycles. The lowest BCUT2D eigenvalue weighted by molar-refractivity contribution is -0.148. The summed E-state index contributed by atoms with van der Waals surface area (Å²) in [7, 11) is 0. The highest BCUT2D eigenvalue weighted by Crippen LogP contribution is 2.60. The van der Waals surface area contributed by atoms with Crippen LogP contribution in [0.15, 0.2) is 24.3 Å². The van der Waals surface area contributed by atoms with Crippen molar-refractivity contribution in [1.82, 2.24) is 5.32 Å². The minimum absolute atomic E-state index is 0.0567. The van der Waals surface area contributed by atoms with Crippen LogP contribution in [0, 0.1) is 29.0 Å². The third-order valence-corrected chi connectivity index (χ3v) is 8.36. The van der Waals surface area contributed by atoms with Crippen molar-refractivity contribution >= 4 is 11.8 Å². The van der Waals surface area contributed by atoms with Crippen LogP contribution < -0.4 is 11.1 Å². The van der Waals surface area contributed by atoms with Gasteiger partial charge in [0.05, 0.1) is 5.41 Å². The molecule has 150 valence electrons. The summed E-state index contributed by atoms with van der Waals surface area (Å²) in [6, 6.07) is 6.70. The Morgan fingerprint density at radius 2 is 1.75 bits per heavy atom. The number of hydrogen-bond acceptors (Lipinski definition) is 2. The molecule has 1 aromatic rings. The highest BCUT2D eigenvalue weighted by Gasteiger charge is 2.58. The number of benzene rings is 1. The average molecular weight is 384 g/mol. The van der Waals surface area contributed by atoms with Crippen molar-refractivity contribution in [1.29, 1.82) is 0 Å². The zero-order chi connectivity index (χ0) is 19.5. The molecule has 4 bridgehead atoms. The van der Waals surface area contributed by atoms with Gasteiger partial charge in [-0.1, -0.05) is 25.0 Å². The molecule has 28 heavy (non-hydrogen) atoms. The number of carbonyl (C=O) groups excluding carboxylic acids is 2. The van der Waals surface area contributed by atoms with E-state index in [4.69, 9.17) is 5.73 Å². The maximum absolute atomic E-state index is 13.9. The first kappa shape index (κ1) is 18.1. The molecule has 0 aromatic heterocycles. The van der Waals surface area contributed by atoms with Crippen molar-refractivity contribution in [2.75, 3.05) is 0 Å². The lowest BCUT2D eigenvalue weighted by atomic mass is 9.47. The predicted molar refractivity (Wildman–Crippen MR) is 104 cm³/mol. The van der Waals surface area contributed by atoms with Crippen molar-refractivity contribution < 1.29 is 14.0 Å². The molecule has 2 amide bonds. The normalized spacial score (nSPS) is 37.8. The van der Waals surface area contributed by atoms with E-state index >= 15 is 0 Å². The molecule has 0 saturated heterocycles. The van der Waals surface area contributed by atoms with Crippen LogP contribution in [-0.4, -0.2) is 17.9 Å². The van der Waals surface area contributed by atoms with Crippen molar-refractivity contribution in [3.05, 3.63) is 35.6 Å². The van der Waals surface area contributed by atoms with Crippen LogP contribution in [0.3, 0.4) is 0 Å². The fourth-order valence-electron chi connectivity index (χ4n) is 7.26. The number of amides is 2. The Bertz CT molecular complexity index is 801. The van der Waals surface area contributed by atoms with Crippen LogP contribution in [0.1, 0.15) is 63.4 Å². The fraction of sp³-hybridized carbons (Fsp3) is 0.652. The van der Waals surface area contributed by atoms with Crippen molar-refractivity contribution in [2.24, 2.45) is 28.9 Å². The van der Waals surface area contributed by atoms with Gasteiger partial charge in [-0.25, -0.2) is 4.39 Å². The molecule has 5 heteroatoms. The van der Waals surface area contributed by atoms with Crippen molar-refractivity contribution in [3.63, 3.8) is 0 Å². The molecule has 2 atom stereocenters. The summed E-state index contributed by atoms with van der Waals surface area (Å²) in [5, 5.41) is 3.41. The third-order valence-electron chi connectivity index (χ3n) is 8.36. The number of halogens is 1. The van der Waals surface area contributed by atoms with E-state index in [0.717, 1.165) is 63.4 Å². The van der Waals surface area contributed by atoms with Gasteiger partial charge < -0.3 is 11.1 Å². The van der Waals surface area contributed by atoms with Crippen LogP contribution >= 0.6 is 0 Å². The molecule has 4 nitrogen and oxygen atoms in total. The largest absolute Gasteiger partial charge is 0.369 e. The first-order chi connectivity index (χ1) is 13.4. The van der Waals surface area contributed by atoms with E-state index in [1.807, 2.05) is 6.07 Å². The lowest BCUT2D eigenvalue weighted by Crippen LogP contribution is -2.63. The number of nitrogens with two attached hydrogens (primary N) is 1. The van der Waals surface area contributed by atoms with Gasteiger partial charge in [0.25, 0.3) is 0 Å². The summed E-state index contributed by atoms with van der Waals surface area (Å²) < 4.78 is 13.9. The Hall–Kier alpha value is -1.91. The molecule has 5 aliphatic rings. The quantitative estimate of drug-likeness (QED) is 0.835. The summed E-state index contributed by atoms with van der Waals surface area (Å²) in [4.78, 5) is 25.7. The maximum Gasteiger partial charge on any atom is 0.230 e. The fourth-order valence-corrected chi connectivity index (χ4v) is 7.26. The summed E-state index contributed by atoms with van der Waals surface area (Å²) in [5.41, 5.74) is 5.64. The van der Waals surface area contributed by atoms with E-state index in [1.165, 1.54) is 12.1 Å². The SMILES string of the molecule is NC(=O)C12CC3CC(C1)C(NC(=O)C1(c4cccc(F)c4)CCCC1)C(C3)C2. The molecule has 5 saturated carbocycles. The van der Waals surface area contributed by atoms with Gasteiger partial charge in [0.15, 0.2) is 0 Å². The van der Waals surface area contributed by atoms with Crippen LogP contribution in [0.2, 0.25) is 0 Å². The van der Waals surface area contributed by atoms with E-state index in [1.54, 1.807) is 6.07 Å². The molecule has 6 rings (SSSR count). The van der Waals surface area contributed by atoms with E-state index < -0.39 is 5.41 Å². The van der Waals surface area contributed by atoms with Gasteiger partial charge in [-0.2, -0.15) is 0 Å². The van der Waals surface area contributed by atoms with Crippen LogP contribution in [0.5, 0.6) is 0 Å². The Labute approximate surface area is 165 Å². The van der Waals surface area contributed by atoms with Gasteiger partial charge in [0.2, 0.25) is 11.8 Å². The average Bonchev–Trinajstić information content (AvgIpc) is 3.15. The van der Waals surface area contributed by atoms with E-state index in [-0.39, 0.29) is 29.1 Å². The number of hydrogen-bond donors (Lipinski definition) is 2. The summed E-state index contributed by atoms with van der Waals surface area (Å²) >= 11 is 0. The number of rotatable bonds is 4. The smallest absolute Gasteiger partial charge is 0.230 e. The van der Waals surface area contributed by atoms with Gasteiger partial charge in [-0.05, 0) is 80.4 Å². The minimum atomic E-state index is -0.613. The summed E-state index contributed by atoms with van der Waals surface area (Å²) in [6.45, 7) is 0. The predicted octanol–water partition coefficient (Wildman–Crippen LogP) is 3.43. The molecular weight excluding hydrogens is 355 g/mol. The minimum Gasteiger partial charge on any atom is -0.369 e. The van der Waals surface area contributed by atoms with Crippen molar-refractivity contribution in [3.8, 4) is 0 Å². The Balaban J connectivity index is 1.40. The van der Waals surface area contributed by atoms with Gasteiger partial charge >= 0.3 is 0 Å². The molecule has 5 fully saturated rings. The summed E-state index contributed by atoms with van der Waals surface area (Å²) in [5.74, 6) is 0.878.